The van der Waals surface area contributed by atoms with Crippen molar-refractivity contribution in [2.45, 2.75) is 24.8 Å². The second kappa shape index (κ2) is 10.3. The van der Waals surface area contributed by atoms with Crippen molar-refractivity contribution in [3.05, 3.63) is 88.4 Å². The van der Waals surface area contributed by atoms with Gasteiger partial charge in [-0.1, -0.05) is 36.3 Å². The third-order valence-corrected chi connectivity index (χ3v) is 7.78. The SMILES string of the molecule is O=C(C#Cc1ccccc1)N1CCC([C@]2(c3ccccn3)NC(=O)N(CCc3cccs3)C2=O)CC1. The van der Waals surface area contributed by atoms with E-state index in [0.29, 0.717) is 44.6 Å². The van der Waals surface area contributed by atoms with Gasteiger partial charge in [0.25, 0.3) is 11.8 Å². The van der Waals surface area contributed by atoms with E-state index in [0.717, 1.165) is 10.4 Å². The number of benzene rings is 1. The van der Waals surface area contributed by atoms with Gasteiger partial charge in [-0.2, -0.15) is 0 Å². The van der Waals surface area contributed by atoms with Crippen LogP contribution in [0.1, 0.15) is 29.0 Å². The van der Waals surface area contributed by atoms with Crippen molar-refractivity contribution in [2.75, 3.05) is 19.6 Å². The first kappa shape index (κ1) is 23.8. The molecule has 3 aromatic rings. The molecular formula is C28H26N4O3S. The highest BCUT2D eigenvalue weighted by Gasteiger charge is 2.58. The smallest absolute Gasteiger partial charge is 0.325 e. The average Bonchev–Trinajstić information content (AvgIpc) is 3.53. The van der Waals surface area contributed by atoms with Gasteiger partial charge in [0.05, 0.1) is 5.69 Å². The normalized spacial score (nSPS) is 20.1. The van der Waals surface area contributed by atoms with Crippen molar-refractivity contribution in [1.29, 1.82) is 0 Å². The minimum absolute atomic E-state index is 0.193. The van der Waals surface area contributed by atoms with Gasteiger partial charge in [0.2, 0.25) is 0 Å². The van der Waals surface area contributed by atoms with Crippen molar-refractivity contribution in [3.63, 3.8) is 0 Å². The van der Waals surface area contributed by atoms with Gasteiger partial charge in [0, 0.05) is 48.1 Å². The molecule has 0 bridgehead atoms. The topological polar surface area (TPSA) is 82.6 Å². The first-order valence-corrected chi connectivity index (χ1v) is 12.9. The van der Waals surface area contributed by atoms with Gasteiger partial charge in [-0.05, 0) is 55.0 Å². The van der Waals surface area contributed by atoms with E-state index in [-0.39, 0.29) is 17.7 Å². The van der Waals surface area contributed by atoms with Crippen LogP contribution >= 0.6 is 11.3 Å². The van der Waals surface area contributed by atoms with Crippen molar-refractivity contribution in [1.82, 2.24) is 20.1 Å². The number of amides is 4. The molecule has 0 aliphatic carbocycles. The number of urea groups is 1. The summed E-state index contributed by atoms with van der Waals surface area (Å²) in [5.41, 5.74) is 0.0888. The van der Waals surface area contributed by atoms with E-state index in [1.54, 1.807) is 34.6 Å². The highest BCUT2D eigenvalue weighted by Crippen LogP contribution is 2.40. The predicted octanol–water partition coefficient (Wildman–Crippen LogP) is 3.42. The first-order chi connectivity index (χ1) is 17.6. The second-order valence-electron chi connectivity index (χ2n) is 8.92. The largest absolute Gasteiger partial charge is 0.332 e. The number of nitrogens with one attached hydrogen (secondary N) is 1. The Morgan fingerprint density at radius 1 is 1.06 bits per heavy atom. The molecule has 2 aromatic heterocycles. The summed E-state index contributed by atoms with van der Waals surface area (Å²) in [6.45, 7) is 1.23. The first-order valence-electron chi connectivity index (χ1n) is 12.0. The Kier molecular flexibility index (Phi) is 6.83. The molecule has 0 spiro atoms. The zero-order valence-electron chi connectivity index (χ0n) is 19.7. The number of likely N-dealkylation sites (tertiary alicyclic amines) is 1. The summed E-state index contributed by atoms with van der Waals surface area (Å²) in [6.07, 6.45) is 3.37. The summed E-state index contributed by atoms with van der Waals surface area (Å²) >= 11 is 1.61. The lowest BCUT2D eigenvalue weighted by atomic mass is 9.75. The molecular weight excluding hydrogens is 472 g/mol. The van der Waals surface area contributed by atoms with Gasteiger partial charge in [0.15, 0.2) is 5.54 Å². The van der Waals surface area contributed by atoms with E-state index in [2.05, 4.69) is 22.1 Å². The average molecular weight is 499 g/mol. The monoisotopic (exact) mass is 498 g/mol. The third-order valence-electron chi connectivity index (χ3n) is 6.84. The molecule has 1 N–H and O–H groups in total. The van der Waals surface area contributed by atoms with Crippen LogP contribution in [0.15, 0.2) is 72.2 Å². The summed E-state index contributed by atoms with van der Waals surface area (Å²) in [7, 11) is 0. The molecule has 8 heteroatoms. The molecule has 2 aliphatic heterocycles. The molecule has 2 saturated heterocycles. The Labute approximate surface area is 214 Å². The number of pyridine rings is 1. The third kappa shape index (κ3) is 4.62. The maximum Gasteiger partial charge on any atom is 0.325 e. The minimum atomic E-state index is -1.24. The molecule has 7 nitrogen and oxygen atoms in total. The number of piperidine rings is 1. The fraction of sp³-hybridized carbons (Fsp3) is 0.286. The lowest BCUT2D eigenvalue weighted by Crippen LogP contribution is -2.54. The number of thiophene rings is 1. The lowest BCUT2D eigenvalue weighted by molar-refractivity contribution is -0.135. The van der Waals surface area contributed by atoms with Gasteiger partial charge >= 0.3 is 6.03 Å². The van der Waals surface area contributed by atoms with Crippen LogP contribution in [0.5, 0.6) is 0 Å². The van der Waals surface area contributed by atoms with Gasteiger partial charge in [-0.3, -0.25) is 19.5 Å². The van der Waals surface area contributed by atoms with Crippen molar-refractivity contribution < 1.29 is 14.4 Å². The van der Waals surface area contributed by atoms with Gasteiger partial charge < -0.3 is 10.2 Å². The number of carbonyl (C=O) groups excluding carboxylic acids is 3. The van der Waals surface area contributed by atoms with E-state index in [1.807, 2.05) is 53.9 Å². The summed E-state index contributed by atoms with van der Waals surface area (Å²) in [6, 6.07) is 18.4. The number of nitrogens with zero attached hydrogens (tertiary/aromatic N) is 3. The van der Waals surface area contributed by atoms with Crippen LogP contribution in [-0.4, -0.2) is 52.3 Å². The number of carbonyl (C=O) groups is 3. The Balaban J connectivity index is 1.33. The molecule has 36 heavy (non-hydrogen) atoms. The molecule has 0 radical (unpaired) electrons. The fourth-order valence-electron chi connectivity index (χ4n) is 4.97. The summed E-state index contributed by atoms with van der Waals surface area (Å²) in [5.74, 6) is 4.95. The van der Waals surface area contributed by atoms with Crippen molar-refractivity contribution in [3.8, 4) is 11.8 Å². The zero-order chi connectivity index (χ0) is 25.0. The fourth-order valence-corrected chi connectivity index (χ4v) is 5.67. The zero-order valence-corrected chi connectivity index (χ0v) is 20.5. The van der Waals surface area contributed by atoms with Gasteiger partial charge in [-0.25, -0.2) is 4.79 Å². The maximum absolute atomic E-state index is 13.9. The van der Waals surface area contributed by atoms with Gasteiger partial charge in [0.1, 0.15) is 0 Å². The molecule has 4 heterocycles. The number of hydrogen-bond donors (Lipinski definition) is 1. The number of hydrogen-bond acceptors (Lipinski definition) is 5. The van der Waals surface area contributed by atoms with E-state index in [9.17, 15) is 14.4 Å². The Morgan fingerprint density at radius 2 is 1.83 bits per heavy atom. The van der Waals surface area contributed by atoms with Crippen LogP contribution < -0.4 is 5.32 Å². The van der Waals surface area contributed by atoms with E-state index in [4.69, 9.17) is 0 Å². The van der Waals surface area contributed by atoms with Crippen molar-refractivity contribution >= 4 is 29.2 Å². The van der Waals surface area contributed by atoms with Crippen LogP contribution in [-0.2, 0) is 21.5 Å². The molecule has 1 aromatic carbocycles. The number of rotatable bonds is 5. The van der Waals surface area contributed by atoms with Crippen LogP contribution in [0, 0.1) is 17.8 Å². The predicted molar refractivity (Wildman–Crippen MR) is 137 cm³/mol. The molecule has 1 atom stereocenters. The Bertz CT molecular complexity index is 1290. The highest BCUT2D eigenvalue weighted by molar-refractivity contribution is 7.09. The summed E-state index contributed by atoms with van der Waals surface area (Å²) in [5, 5.41) is 5.01. The molecule has 5 rings (SSSR count). The molecule has 2 aliphatic rings. The quantitative estimate of drug-likeness (QED) is 0.432. The van der Waals surface area contributed by atoms with Crippen LogP contribution in [0.25, 0.3) is 0 Å². The van der Waals surface area contributed by atoms with E-state index in [1.165, 1.54) is 4.90 Å². The molecule has 2 fully saturated rings. The number of imide groups is 1. The Hall–Kier alpha value is -3.96. The van der Waals surface area contributed by atoms with Crippen LogP contribution in [0.4, 0.5) is 4.79 Å². The molecule has 0 unspecified atom stereocenters. The number of aromatic nitrogens is 1. The standard InChI is InChI=1S/C28H26N4O3S/c33-25(12-11-21-7-2-1-3-8-21)31-17-13-22(14-18-31)28(24-10-4-5-16-29-24)26(34)32(27(35)30-28)19-15-23-9-6-20-36-23/h1-10,16,20,22H,13-15,17-19H2,(H,30,35)/t28-/m1/s1. The molecule has 182 valence electrons. The van der Waals surface area contributed by atoms with Crippen molar-refractivity contribution in [2.24, 2.45) is 5.92 Å². The second-order valence-corrected chi connectivity index (χ2v) is 9.95. The Morgan fingerprint density at radius 3 is 2.53 bits per heavy atom. The summed E-state index contributed by atoms with van der Waals surface area (Å²) in [4.78, 5) is 48.3. The highest BCUT2D eigenvalue weighted by atomic mass is 32.1. The van der Waals surface area contributed by atoms with Gasteiger partial charge in [-0.15, -0.1) is 11.3 Å². The summed E-state index contributed by atoms with van der Waals surface area (Å²) < 4.78 is 0. The van der Waals surface area contributed by atoms with Crippen LogP contribution in [0.2, 0.25) is 0 Å². The van der Waals surface area contributed by atoms with E-state index < -0.39 is 11.6 Å². The van der Waals surface area contributed by atoms with E-state index >= 15 is 0 Å². The van der Waals surface area contributed by atoms with Crippen LogP contribution in [0.3, 0.4) is 0 Å². The lowest BCUT2D eigenvalue weighted by Gasteiger charge is -2.40. The minimum Gasteiger partial charge on any atom is -0.332 e. The maximum atomic E-state index is 13.9. The molecule has 0 saturated carbocycles. The molecule has 4 amide bonds.